The van der Waals surface area contributed by atoms with E-state index in [0.29, 0.717) is 17.0 Å². The third-order valence-corrected chi connectivity index (χ3v) is 5.49. The predicted octanol–water partition coefficient (Wildman–Crippen LogP) is 4.13. The molecular formula is C24H25N3O4. The molecule has 7 nitrogen and oxygen atoms in total. The zero-order chi connectivity index (χ0) is 21.6. The SMILES string of the molecule is COc1cccc(N(C(=O)c2ccco2)[C@@H](C(=O)NC2CCCC2)c2cccnc2)c1. The molecule has 3 aromatic rings. The molecule has 0 unspecified atom stereocenters. The van der Waals surface area contributed by atoms with Gasteiger partial charge >= 0.3 is 0 Å². The molecule has 1 atom stereocenters. The molecule has 0 aliphatic heterocycles. The molecule has 1 saturated carbocycles. The third-order valence-electron chi connectivity index (χ3n) is 5.49. The van der Waals surface area contributed by atoms with Gasteiger partial charge < -0.3 is 14.5 Å². The minimum absolute atomic E-state index is 0.109. The highest BCUT2D eigenvalue weighted by atomic mass is 16.5. The van der Waals surface area contributed by atoms with E-state index in [1.165, 1.54) is 11.2 Å². The van der Waals surface area contributed by atoms with E-state index in [1.54, 1.807) is 68.0 Å². The van der Waals surface area contributed by atoms with Gasteiger partial charge in [-0.25, -0.2) is 0 Å². The zero-order valence-corrected chi connectivity index (χ0v) is 17.4. The van der Waals surface area contributed by atoms with E-state index >= 15 is 0 Å². The monoisotopic (exact) mass is 419 g/mol. The molecule has 2 aromatic heterocycles. The third kappa shape index (κ3) is 4.60. The van der Waals surface area contributed by atoms with Crippen LogP contribution in [0.4, 0.5) is 5.69 Å². The molecule has 1 N–H and O–H groups in total. The molecule has 4 rings (SSSR count). The lowest BCUT2D eigenvalue weighted by atomic mass is 10.0. The topological polar surface area (TPSA) is 84.7 Å². The summed E-state index contributed by atoms with van der Waals surface area (Å²) in [7, 11) is 1.56. The number of aromatic nitrogens is 1. The molecule has 7 heteroatoms. The summed E-state index contributed by atoms with van der Waals surface area (Å²) in [5.41, 5.74) is 1.14. The largest absolute Gasteiger partial charge is 0.497 e. The quantitative estimate of drug-likeness (QED) is 0.622. The molecular weight excluding hydrogens is 394 g/mol. The Hall–Kier alpha value is -3.61. The molecule has 1 fully saturated rings. The summed E-state index contributed by atoms with van der Waals surface area (Å²) in [6.07, 6.45) is 8.75. The number of carbonyl (C=O) groups excluding carboxylic acids is 2. The molecule has 160 valence electrons. The fourth-order valence-electron chi connectivity index (χ4n) is 3.97. The maximum atomic E-state index is 13.6. The molecule has 31 heavy (non-hydrogen) atoms. The molecule has 0 saturated heterocycles. The Morgan fingerprint density at radius 2 is 2.00 bits per heavy atom. The van der Waals surface area contributed by atoms with E-state index in [-0.39, 0.29) is 17.7 Å². The van der Waals surface area contributed by atoms with Crippen molar-refractivity contribution in [2.24, 2.45) is 0 Å². The van der Waals surface area contributed by atoms with Gasteiger partial charge in [-0.1, -0.05) is 25.0 Å². The summed E-state index contributed by atoms with van der Waals surface area (Å²) in [6, 6.07) is 13.1. The smallest absolute Gasteiger partial charge is 0.294 e. The van der Waals surface area contributed by atoms with Crippen molar-refractivity contribution >= 4 is 17.5 Å². The summed E-state index contributed by atoms with van der Waals surface area (Å²) in [6.45, 7) is 0. The van der Waals surface area contributed by atoms with E-state index in [1.807, 2.05) is 0 Å². The van der Waals surface area contributed by atoms with Crippen LogP contribution in [0.2, 0.25) is 0 Å². The van der Waals surface area contributed by atoms with Crippen LogP contribution < -0.4 is 15.0 Å². The minimum Gasteiger partial charge on any atom is -0.497 e. The minimum atomic E-state index is -0.918. The van der Waals surface area contributed by atoms with E-state index in [9.17, 15) is 9.59 Å². The van der Waals surface area contributed by atoms with Crippen LogP contribution in [0.15, 0.2) is 71.6 Å². The van der Waals surface area contributed by atoms with Crippen molar-refractivity contribution in [3.05, 3.63) is 78.5 Å². The summed E-state index contributed by atoms with van der Waals surface area (Å²) >= 11 is 0. The van der Waals surface area contributed by atoms with Crippen molar-refractivity contribution in [1.82, 2.24) is 10.3 Å². The second kappa shape index (κ2) is 9.47. The maximum Gasteiger partial charge on any atom is 0.294 e. The Kier molecular flexibility index (Phi) is 6.31. The Morgan fingerprint density at radius 3 is 2.68 bits per heavy atom. The van der Waals surface area contributed by atoms with Gasteiger partial charge in [-0.15, -0.1) is 0 Å². The van der Waals surface area contributed by atoms with Gasteiger partial charge in [0.05, 0.1) is 13.4 Å². The number of rotatable bonds is 7. The van der Waals surface area contributed by atoms with Gasteiger partial charge in [0.1, 0.15) is 11.8 Å². The van der Waals surface area contributed by atoms with Crippen molar-refractivity contribution in [2.45, 2.75) is 37.8 Å². The van der Waals surface area contributed by atoms with Crippen LogP contribution in [-0.2, 0) is 4.79 Å². The van der Waals surface area contributed by atoms with Crippen molar-refractivity contribution in [3.63, 3.8) is 0 Å². The fourth-order valence-corrected chi connectivity index (χ4v) is 3.97. The molecule has 2 heterocycles. The first-order chi connectivity index (χ1) is 15.2. The summed E-state index contributed by atoms with van der Waals surface area (Å²) in [5, 5.41) is 3.13. The number of anilines is 1. The predicted molar refractivity (Wildman–Crippen MR) is 116 cm³/mol. The highest BCUT2D eigenvalue weighted by molar-refractivity contribution is 6.08. The van der Waals surface area contributed by atoms with E-state index in [0.717, 1.165) is 25.7 Å². The molecule has 0 spiro atoms. The number of hydrogen-bond donors (Lipinski definition) is 1. The lowest BCUT2D eigenvalue weighted by Gasteiger charge is -2.31. The molecule has 0 bridgehead atoms. The van der Waals surface area contributed by atoms with Crippen LogP contribution in [0.3, 0.4) is 0 Å². The van der Waals surface area contributed by atoms with Crippen LogP contribution in [0, 0.1) is 0 Å². The van der Waals surface area contributed by atoms with Gasteiger partial charge in [0.2, 0.25) is 5.91 Å². The number of nitrogens with one attached hydrogen (secondary N) is 1. The number of carbonyl (C=O) groups is 2. The van der Waals surface area contributed by atoms with Gasteiger partial charge in [-0.05, 0) is 43.2 Å². The van der Waals surface area contributed by atoms with Crippen LogP contribution in [0.1, 0.15) is 47.8 Å². The van der Waals surface area contributed by atoms with Crippen LogP contribution in [0.25, 0.3) is 0 Å². The van der Waals surface area contributed by atoms with E-state index < -0.39 is 11.9 Å². The van der Waals surface area contributed by atoms with Crippen LogP contribution >= 0.6 is 0 Å². The highest BCUT2D eigenvalue weighted by Gasteiger charge is 2.36. The van der Waals surface area contributed by atoms with Gasteiger partial charge in [0.25, 0.3) is 5.91 Å². The van der Waals surface area contributed by atoms with E-state index in [4.69, 9.17) is 9.15 Å². The Labute approximate surface area is 181 Å². The average molecular weight is 419 g/mol. The van der Waals surface area contributed by atoms with Gasteiger partial charge in [-0.2, -0.15) is 0 Å². The number of amides is 2. The second-order valence-corrected chi connectivity index (χ2v) is 7.53. The van der Waals surface area contributed by atoms with Gasteiger partial charge in [0, 0.05) is 35.8 Å². The van der Waals surface area contributed by atoms with Crippen LogP contribution in [-0.4, -0.2) is 29.9 Å². The lowest BCUT2D eigenvalue weighted by Crippen LogP contribution is -2.46. The first kappa shape index (κ1) is 20.7. The second-order valence-electron chi connectivity index (χ2n) is 7.53. The zero-order valence-electron chi connectivity index (χ0n) is 17.4. The normalized spacial score (nSPS) is 14.7. The van der Waals surface area contributed by atoms with Crippen molar-refractivity contribution < 1.29 is 18.7 Å². The highest BCUT2D eigenvalue weighted by Crippen LogP contribution is 2.32. The molecule has 0 radical (unpaired) electrons. The first-order valence-corrected chi connectivity index (χ1v) is 10.4. The molecule has 1 aliphatic carbocycles. The average Bonchev–Trinajstić information content (AvgIpc) is 3.52. The number of benzene rings is 1. The Morgan fingerprint density at radius 1 is 1.16 bits per heavy atom. The summed E-state index contributed by atoms with van der Waals surface area (Å²) in [5.74, 6) is 0.0533. The van der Waals surface area contributed by atoms with Crippen molar-refractivity contribution in [2.75, 3.05) is 12.0 Å². The van der Waals surface area contributed by atoms with Gasteiger partial charge in [0.15, 0.2) is 5.76 Å². The standard InChI is InChI=1S/C24H25N3O4/c1-30-20-11-4-10-19(15-20)27(24(29)21-12-6-14-31-21)22(17-7-5-13-25-16-17)23(28)26-18-8-2-3-9-18/h4-7,10-16,18,22H,2-3,8-9H2,1H3,(H,26,28)/t22-/m1/s1. The number of ether oxygens (including phenoxy) is 1. The fraction of sp³-hybridized carbons (Fsp3) is 0.292. The molecule has 1 aliphatic rings. The van der Waals surface area contributed by atoms with Crippen LogP contribution in [0.5, 0.6) is 5.75 Å². The molecule has 2 amide bonds. The number of pyridine rings is 1. The Bertz CT molecular complexity index is 1010. The lowest BCUT2D eigenvalue weighted by molar-refractivity contribution is -0.123. The number of methoxy groups -OCH3 is 1. The molecule has 1 aromatic carbocycles. The number of nitrogens with zero attached hydrogens (tertiary/aromatic N) is 2. The first-order valence-electron chi connectivity index (χ1n) is 10.4. The number of hydrogen-bond acceptors (Lipinski definition) is 5. The van der Waals surface area contributed by atoms with Crippen molar-refractivity contribution in [3.8, 4) is 5.75 Å². The Balaban J connectivity index is 1.80. The van der Waals surface area contributed by atoms with Crippen molar-refractivity contribution in [1.29, 1.82) is 0 Å². The summed E-state index contributed by atoms with van der Waals surface area (Å²) < 4.78 is 10.7. The van der Waals surface area contributed by atoms with Gasteiger partial charge in [-0.3, -0.25) is 19.5 Å². The maximum absolute atomic E-state index is 13.6. The summed E-state index contributed by atoms with van der Waals surface area (Å²) in [4.78, 5) is 32.7. The van der Waals surface area contributed by atoms with E-state index in [2.05, 4.69) is 10.3 Å². The number of furan rings is 1.